The molecule has 0 fully saturated rings. The van der Waals surface area contributed by atoms with Crippen molar-refractivity contribution in [2.75, 3.05) is 0 Å². The smallest absolute Gasteiger partial charge is 0.152 e. The highest BCUT2D eigenvalue weighted by atomic mass is 16.1. The van der Waals surface area contributed by atoms with Crippen molar-refractivity contribution in [3.8, 4) is 0 Å². The zero-order chi connectivity index (χ0) is 7.68. The molecule has 0 saturated heterocycles. The van der Waals surface area contributed by atoms with Crippen LogP contribution in [0.2, 0.25) is 0 Å². The maximum atomic E-state index is 10.5. The molecule has 11 heavy (non-hydrogen) atoms. The highest BCUT2D eigenvalue weighted by molar-refractivity contribution is 5.55. The van der Waals surface area contributed by atoms with Crippen molar-refractivity contribution >= 4 is 6.29 Å². The standard InChI is InChI=1S/C6H8N4O/c11-4-5-2-1-3-6-7-8-9-10(5)6/h4-5H,1-3H2. The van der Waals surface area contributed by atoms with Gasteiger partial charge in [0.25, 0.3) is 0 Å². The van der Waals surface area contributed by atoms with Crippen LogP contribution in [0.15, 0.2) is 0 Å². The van der Waals surface area contributed by atoms with E-state index in [2.05, 4.69) is 15.5 Å². The fourth-order valence-corrected chi connectivity index (χ4v) is 1.35. The molecule has 0 N–H and O–H groups in total. The normalized spacial score (nSPS) is 22.7. The van der Waals surface area contributed by atoms with Crippen LogP contribution in [0.5, 0.6) is 0 Å². The zero-order valence-corrected chi connectivity index (χ0v) is 5.97. The van der Waals surface area contributed by atoms with E-state index in [1.54, 1.807) is 4.68 Å². The van der Waals surface area contributed by atoms with Crippen LogP contribution in [-0.4, -0.2) is 26.5 Å². The van der Waals surface area contributed by atoms with Gasteiger partial charge in [0.2, 0.25) is 0 Å². The van der Waals surface area contributed by atoms with E-state index in [1.165, 1.54) is 0 Å². The molecule has 0 amide bonds. The van der Waals surface area contributed by atoms with Crippen molar-refractivity contribution < 1.29 is 4.79 Å². The SMILES string of the molecule is O=CC1CCCc2nnnn21. The average molecular weight is 152 g/mol. The summed E-state index contributed by atoms with van der Waals surface area (Å²) in [6, 6.07) is -0.131. The molecule has 58 valence electrons. The Morgan fingerprint density at radius 2 is 2.55 bits per heavy atom. The highest BCUT2D eigenvalue weighted by Crippen LogP contribution is 2.18. The summed E-state index contributed by atoms with van der Waals surface area (Å²) in [6.07, 6.45) is 3.65. The van der Waals surface area contributed by atoms with Gasteiger partial charge in [-0.2, -0.15) is 0 Å². The minimum atomic E-state index is -0.131. The number of carbonyl (C=O) groups is 1. The lowest BCUT2D eigenvalue weighted by atomic mass is 10.1. The Morgan fingerprint density at radius 3 is 3.36 bits per heavy atom. The predicted octanol–water partition coefficient (Wildman–Crippen LogP) is -0.251. The van der Waals surface area contributed by atoms with Crippen molar-refractivity contribution in [1.29, 1.82) is 0 Å². The first-order valence-electron chi connectivity index (χ1n) is 3.64. The Morgan fingerprint density at radius 1 is 1.64 bits per heavy atom. The van der Waals surface area contributed by atoms with E-state index < -0.39 is 0 Å². The van der Waals surface area contributed by atoms with E-state index in [-0.39, 0.29) is 6.04 Å². The molecule has 0 radical (unpaired) electrons. The van der Waals surface area contributed by atoms with E-state index in [0.717, 1.165) is 31.4 Å². The number of aromatic nitrogens is 4. The summed E-state index contributed by atoms with van der Waals surface area (Å²) in [4.78, 5) is 10.5. The summed E-state index contributed by atoms with van der Waals surface area (Å²) in [7, 11) is 0. The number of hydrogen-bond donors (Lipinski definition) is 0. The van der Waals surface area contributed by atoms with Crippen LogP contribution in [0.4, 0.5) is 0 Å². The number of carbonyl (C=O) groups excluding carboxylic acids is 1. The lowest BCUT2D eigenvalue weighted by Crippen LogP contribution is -2.20. The molecule has 0 spiro atoms. The second kappa shape index (κ2) is 2.41. The second-order valence-corrected chi connectivity index (χ2v) is 2.64. The topological polar surface area (TPSA) is 60.7 Å². The molecule has 0 aromatic carbocycles. The van der Waals surface area contributed by atoms with Crippen molar-refractivity contribution in [2.24, 2.45) is 0 Å². The summed E-state index contributed by atoms with van der Waals surface area (Å²) in [5.74, 6) is 0.827. The molecular formula is C6H8N4O. The first-order chi connectivity index (χ1) is 5.42. The third-order valence-electron chi connectivity index (χ3n) is 1.93. The first kappa shape index (κ1) is 6.45. The van der Waals surface area contributed by atoms with Gasteiger partial charge in [-0.05, 0) is 23.3 Å². The van der Waals surface area contributed by atoms with Crippen LogP contribution >= 0.6 is 0 Å². The molecule has 1 aromatic rings. The summed E-state index contributed by atoms with van der Waals surface area (Å²) < 4.78 is 1.61. The maximum absolute atomic E-state index is 10.5. The fourth-order valence-electron chi connectivity index (χ4n) is 1.35. The largest absolute Gasteiger partial charge is 0.301 e. The molecule has 0 aliphatic carbocycles. The first-order valence-corrected chi connectivity index (χ1v) is 3.64. The van der Waals surface area contributed by atoms with Gasteiger partial charge in [0.05, 0.1) is 0 Å². The Balaban J connectivity index is 2.39. The molecule has 1 unspecified atom stereocenters. The summed E-state index contributed by atoms with van der Waals surface area (Å²) in [5, 5.41) is 11.0. The fraction of sp³-hybridized carbons (Fsp3) is 0.667. The van der Waals surface area contributed by atoms with Gasteiger partial charge >= 0.3 is 0 Å². The molecule has 1 aliphatic rings. The van der Waals surface area contributed by atoms with Crippen LogP contribution in [-0.2, 0) is 11.2 Å². The molecule has 1 aromatic heterocycles. The van der Waals surface area contributed by atoms with Crippen molar-refractivity contribution in [1.82, 2.24) is 20.2 Å². The molecule has 0 saturated carbocycles. The van der Waals surface area contributed by atoms with Crippen molar-refractivity contribution in [3.05, 3.63) is 5.82 Å². The minimum Gasteiger partial charge on any atom is -0.301 e. The second-order valence-electron chi connectivity index (χ2n) is 2.64. The Bertz CT molecular complexity index is 269. The van der Waals surface area contributed by atoms with Gasteiger partial charge in [0, 0.05) is 6.42 Å². The monoisotopic (exact) mass is 152 g/mol. The average Bonchev–Trinajstić information content (AvgIpc) is 2.50. The Hall–Kier alpha value is -1.26. The number of nitrogens with zero attached hydrogens (tertiary/aromatic N) is 4. The minimum absolute atomic E-state index is 0.131. The molecule has 5 nitrogen and oxygen atoms in total. The Labute approximate surface area is 63.4 Å². The van der Waals surface area contributed by atoms with Crippen LogP contribution in [0.25, 0.3) is 0 Å². The van der Waals surface area contributed by atoms with Gasteiger partial charge in [-0.3, -0.25) is 0 Å². The molecule has 2 heterocycles. The van der Waals surface area contributed by atoms with Crippen molar-refractivity contribution in [2.45, 2.75) is 25.3 Å². The maximum Gasteiger partial charge on any atom is 0.152 e. The Kier molecular flexibility index (Phi) is 1.41. The predicted molar refractivity (Wildman–Crippen MR) is 35.9 cm³/mol. The highest BCUT2D eigenvalue weighted by Gasteiger charge is 2.20. The van der Waals surface area contributed by atoms with E-state index in [0.29, 0.717) is 0 Å². The van der Waals surface area contributed by atoms with Gasteiger partial charge < -0.3 is 4.79 Å². The third-order valence-corrected chi connectivity index (χ3v) is 1.93. The quantitative estimate of drug-likeness (QED) is 0.520. The number of aryl methyl sites for hydroxylation is 1. The summed E-state index contributed by atoms with van der Waals surface area (Å²) >= 11 is 0. The molecule has 1 aliphatic heterocycles. The molecule has 1 atom stereocenters. The summed E-state index contributed by atoms with van der Waals surface area (Å²) in [5.41, 5.74) is 0. The molecule has 2 rings (SSSR count). The van der Waals surface area contributed by atoms with Gasteiger partial charge in [0.1, 0.15) is 12.3 Å². The number of tetrazole rings is 1. The summed E-state index contributed by atoms with van der Waals surface area (Å²) in [6.45, 7) is 0. The van der Waals surface area contributed by atoms with Gasteiger partial charge in [-0.25, -0.2) is 4.68 Å². The van der Waals surface area contributed by atoms with Crippen LogP contribution < -0.4 is 0 Å². The van der Waals surface area contributed by atoms with E-state index in [1.807, 2.05) is 0 Å². The molecular weight excluding hydrogens is 144 g/mol. The lowest BCUT2D eigenvalue weighted by Gasteiger charge is -2.16. The number of fused-ring (bicyclic) bond motifs is 1. The van der Waals surface area contributed by atoms with Crippen LogP contribution in [0.3, 0.4) is 0 Å². The lowest BCUT2D eigenvalue weighted by molar-refractivity contribution is -0.111. The van der Waals surface area contributed by atoms with Gasteiger partial charge in [-0.1, -0.05) is 0 Å². The van der Waals surface area contributed by atoms with Crippen LogP contribution in [0, 0.1) is 0 Å². The number of aldehydes is 1. The van der Waals surface area contributed by atoms with Crippen LogP contribution in [0.1, 0.15) is 24.7 Å². The molecule has 5 heteroatoms. The number of hydrogen-bond acceptors (Lipinski definition) is 4. The van der Waals surface area contributed by atoms with E-state index >= 15 is 0 Å². The van der Waals surface area contributed by atoms with E-state index in [4.69, 9.17) is 0 Å². The molecule has 0 bridgehead atoms. The number of rotatable bonds is 1. The van der Waals surface area contributed by atoms with Gasteiger partial charge in [-0.15, -0.1) is 5.10 Å². The van der Waals surface area contributed by atoms with Crippen molar-refractivity contribution in [3.63, 3.8) is 0 Å². The zero-order valence-electron chi connectivity index (χ0n) is 5.97. The van der Waals surface area contributed by atoms with E-state index in [9.17, 15) is 4.79 Å². The third kappa shape index (κ3) is 0.923. The van der Waals surface area contributed by atoms with Gasteiger partial charge in [0.15, 0.2) is 5.82 Å².